The molecule has 0 atom stereocenters. The van der Waals surface area contributed by atoms with E-state index in [-0.39, 0.29) is 5.91 Å². The maximum absolute atomic E-state index is 12.4. The lowest BCUT2D eigenvalue weighted by Crippen LogP contribution is -2.16. The standard InChI is InChI=1S/C17H17N5O/c1-21(2)16-6-4-3-5-15(16)20-17(23)13-7-9-14(10-8-13)22-12-18-11-19-22/h3-12H,1-2H3,(H,20,23). The average Bonchev–Trinajstić information content (AvgIpc) is 3.10. The van der Waals surface area contributed by atoms with Crippen LogP contribution in [-0.4, -0.2) is 34.8 Å². The van der Waals surface area contributed by atoms with Gasteiger partial charge in [-0.15, -0.1) is 0 Å². The first-order valence-electron chi connectivity index (χ1n) is 7.18. The highest BCUT2D eigenvalue weighted by atomic mass is 16.1. The number of hydrogen-bond acceptors (Lipinski definition) is 4. The molecule has 1 amide bonds. The molecule has 0 unspecified atom stereocenters. The van der Waals surface area contributed by atoms with Crippen molar-refractivity contribution in [3.05, 3.63) is 66.7 Å². The molecule has 6 heteroatoms. The second kappa shape index (κ2) is 6.31. The number of amides is 1. The van der Waals surface area contributed by atoms with Crippen molar-refractivity contribution in [1.82, 2.24) is 14.8 Å². The van der Waals surface area contributed by atoms with E-state index in [0.29, 0.717) is 5.56 Å². The summed E-state index contributed by atoms with van der Waals surface area (Å²) in [7, 11) is 3.88. The lowest BCUT2D eigenvalue weighted by molar-refractivity contribution is 0.102. The van der Waals surface area contributed by atoms with Crippen LogP contribution in [0.1, 0.15) is 10.4 Å². The predicted octanol–water partition coefficient (Wildman–Crippen LogP) is 2.59. The fraction of sp³-hybridized carbons (Fsp3) is 0.118. The molecule has 0 aliphatic carbocycles. The Hall–Kier alpha value is -3.15. The van der Waals surface area contributed by atoms with E-state index in [1.54, 1.807) is 23.1 Å². The summed E-state index contributed by atoms with van der Waals surface area (Å²) in [6.07, 6.45) is 3.08. The number of anilines is 2. The molecule has 1 aromatic heterocycles. The highest BCUT2D eigenvalue weighted by Gasteiger charge is 2.10. The van der Waals surface area contributed by atoms with Crippen molar-refractivity contribution in [2.45, 2.75) is 0 Å². The normalized spacial score (nSPS) is 10.3. The summed E-state index contributed by atoms with van der Waals surface area (Å²) in [4.78, 5) is 18.3. The van der Waals surface area contributed by atoms with Crippen LogP contribution in [-0.2, 0) is 0 Å². The Morgan fingerprint density at radius 2 is 1.83 bits per heavy atom. The molecule has 116 valence electrons. The molecule has 0 bridgehead atoms. The number of nitrogens with one attached hydrogen (secondary N) is 1. The first-order valence-corrected chi connectivity index (χ1v) is 7.18. The number of carbonyl (C=O) groups is 1. The molecule has 3 aromatic rings. The van der Waals surface area contributed by atoms with Crippen molar-refractivity contribution in [2.24, 2.45) is 0 Å². The minimum atomic E-state index is -0.149. The smallest absolute Gasteiger partial charge is 0.255 e. The van der Waals surface area contributed by atoms with Gasteiger partial charge in [-0.3, -0.25) is 4.79 Å². The predicted molar refractivity (Wildman–Crippen MR) is 90.1 cm³/mol. The monoisotopic (exact) mass is 307 g/mol. The molecule has 0 spiro atoms. The SMILES string of the molecule is CN(C)c1ccccc1NC(=O)c1ccc(-n2cncn2)cc1. The van der Waals surface area contributed by atoms with Crippen LogP contribution in [0, 0.1) is 0 Å². The number of para-hydroxylation sites is 2. The highest BCUT2D eigenvalue weighted by molar-refractivity contribution is 6.06. The van der Waals surface area contributed by atoms with E-state index >= 15 is 0 Å². The fourth-order valence-corrected chi connectivity index (χ4v) is 2.27. The quantitative estimate of drug-likeness (QED) is 0.804. The molecule has 3 rings (SSSR count). The van der Waals surface area contributed by atoms with Crippen molar-refractivity contribution in [3.8, 4) is 5.69 Å². The van der Waals surface area contributed by atoms with Crippen LogP contribution < -0.4 is 10.2 Å². The molecule has 1 N–H and O–H groups in total. The van der Waals surface area contributed by atoms with E-state index in [4.69, 9.17) is 0 Å². The van der Waals surface area contributed by atoms with E-state index in [2.05, 4.69) is 15.4 Å². The van der Waals surface area contributed by atoms with Gasteiger partial charge in [-0.05, 0) is 36.4 Å². The third-order valence-corrected chi connectivity index (χ3v) is 3.45. The fourth-order valence-electron chi connectivity index (χ4n) is 2.27. The largest absolute Gasteiger partial charge is 0.376 e. The van der Waals surface area contributed by atoms with Crippen molar-refractivity contribution >= 4 is 17.3 Å². The maximum atomic E-state index is 12.4. The Bertz CT molecular complexity index is 794. The minimum absolute atomic E-state index is 0.149. The van der Waals surface area contributed by atoms with Gasteiger partial charge in [-0.1, -0.05) is 12.1 Å². The molecule has 1 heterocycles. The summed E-state index contributed by atoms with van der Waals surface area (Å²) in [5.41, 5.74) is 3.18. The van der Waals surface area contributed by atoms with E-state index in [1.165, 1.54) is 6.33 Å². The molecule has 0 fully saturated rings. The maximum Gasteiger partial charge on any atom is 0.255 e. The second-order valence-electron chi connectivity index (χ2n) is 5.25. The zero-order valence-electron chi connectivity index (χ0n) is 13.0. The van der Waals surface area contributed by atoms with E-state index in [9.17, 15) is 4.79 Å². The van der Waals surface area contributed by atoms with E-state index in [0.717, 1.165) is 17.1 Å². The topological polar surface area (TPSA) is 63.1 Å². The van der Waals surface area contributed by atoms with Gasteiger partial charge in [0.1, 0.15) is 12.7 Å². The molecule has 0 saturated heterocycles. The number of aromatic nitrogens is 3. The lowest BCUT2D eigenvalue weighted by atomic mass is 10.2. The van der Waals surface area contributed by atoms with Gasteiger partial charge in [0.05, 0.1) is 17.1 Å². The lowest BCUT2D eigenvalue weighted by Gasteiger charge is -2.17. The van der Waals surface area contributed by atoms with Crippen molar-refractivity contribution in [3.63, 3.8) is 0 Å². The summed E-state index contributed by atoms with van der Waals surface area (Å²) in [6.45, 7) is 0. The first-order chi connectivity index (χ1) is 11.1. The molecule has 0 aliphatic rings. The van der Waals surface area contributed by atoms with Crippen LogP contribution in [0.5, 0.6) is 0 Å². The van der Waals surface area contributed by atoms with Gasteiger partial charge < -0.3 is 10.2 Å². The van der Waals surface area contributed by atoms with Gasteiger partial charge in [0.15, 0.2) is 0 Å². The number of benzene rings is 2. The summed E-state index contributed by atoms with van der Waals surface area (Å²) in [5.74, 6) is -0.149. The Morgan fingerprint density at radius 1 is 1.09 bits per heavy atom. The Kier molecular flexibility index (Phi) is 4.05. The molecule has 6 nitrogen and oxygen atoms in total. The molecular weight excluding hydrogens is 290 g/mol. The van der Waals surface area contributed by atoms with Crippen LogP contribution in [0.2, 0.25) is 0 Å². The summed E-state index contributed by atoms with van der Waals surface area (Å²) in [5, 5.41) is 7.01. The summed E-state index contributed by atoms with van der Waals surface area (Å²) >= 11 is 0. The summed E-state index contributed by atoms with van der Waals surface area (Å²) in [6, 6.07) is 14.9. The van der Waals surface area contributed by atoms with Gasteiger partial charge in [0, 0.05) is 19.7 Å². The third-order valence-electron chi connectivity index (χ3n) is 3.45. The van der Waals surface area contributed by atoms with Crippen LogP contribution in [0.15, 0.2) is 61.2 Å². The zero-order valence-corrected chi connectivity index (χ0v) is 13.0. The third kappa shape index (κ3) is 3.21. The Balaban J connectivity index is 1.79. The van der Waals surface area contributed by atoms with Crippen LogP contribution >= 0.6 is 0 Å². The molecule has 0 aliphatic heterocycles. The van der Waals surface area contributed by atoms with E-state index in [1.807, 2.05) is 55.4 Å². The van der Waals surface area contributed by atoms with Crippen LogP contribution in [0.25, 0.3) is 5.69 Å². The van der Waals surface area contributed by atoms with Gasteiger partial charge >= 0.3 is 0 Å². The number of carbonyl (C=O) groups excluding carboxylic acids is 1. The molecular formula is C17H17N5O. The van der Waals surface area contributed by atoms with Gasteiger partial charge in [0.2, 0.25) is 0 Å². The first kappa shape index (κ1) is 14.8. The number of hydrogen-bond donors (Lipinski definition) is 1. The number of rotatable bonds is 4. The molecule has 23 heavy (non-hydrogen) atoms. The Labute approximate surface area is 134 Å². The molecule has 0 saturated carbocycles. The average molecular weight is 307 g/mol. The van der Waals surface area contributed by atoms with Crippen LogP contribution in [0.3, 0.4) is 0 Å². The minimum Gasteiger partial charge on any atom is -0.376 e. The van der Waals surface area contributed by atoms with Gasteiger partial charge in [-0.2, -0.15) is 5.10 Å². The van der Waals surface area contributed by atoms with Crippen molar-refractivity contribution in [1.29, 1.82) is 0 Å². The van der Waals surface area contributed by atoms with Crippen molar-refractivity contribution < 1.29 is 4.79 Å². The zero-order chi connectivity index (χ0) is 16.2. The highest BCUT2D eigenvalue weighted by Crippen LogP contribution is 2.24. The Morgan fingerprint density at radius 3 is 2.48 bits per heavy atom. The number of nitrogens with zero attached hydrogens (tertiary/aromatic N) is 4. The van der Waals surface area contributed by atoms with E-state index < -0.39 is 0 Å². The molecule has 0 radical (unpaired) electrons. The van der Waals surface area contributed by atoms with Gasteiger partial charge in [-0.25, -0.2) is 9.67 Å². The summed E-state index contributed by atoms with van der Waals surface area (Å²) < 4.78 is 1.64. The van der Waals surface area contributed by atoms with Gasteiger partial charge in [0.25, 0.3) is 5.91 Å². The second-order valence-corrected chi connectivity index (χ2v) is 5.25. The van der Waals surface area contributed by atoms with Crippen LogP contribution in [0.4, 0.5) is 11.4 Å². The molecule has 2 aromatic carbocycles. The van der Waals surface area contributed by atoms with Crippen molar-refractivity contribution in [2.75, 3.05) is 24.3 Å².